The Morgan fingerprint density at radius 3 is 2.72 bits per heavy atom. The Morgan fingerprint density at radius 1 is 1.28 bits per heavy atom. The maximum Gasteiger partial charge on any atom is 0.235 e. The second-order valence-corrected chi connectivity index (χ2v) is 3.79. The van der Waals surface area contributed by atoms with Gasteiger partial charge in [0.1, 0.15) is 23.5 Å². The third-order valence-electron chi connectivity index (χ3n) is 2.18. The molecule has 1 aromatic heterocycles. The number of ether oxygens (including phenoxy) is 1. The first-order valence-corrected chi connectivity index (χ1v) is 5.28. The molecule has 0 atom stereocenters. The molecule has 0 unspecified atom stereocenters. The standard InChI is InChI=1S/C11H9ClN4O2/c12-8-3-6(1-2-9(8)13)18-11-7(4-17)10(14)15-5-16-11/h1-5H,13H2,(H2,14,15,16). The molecule has 6 nitrogen and oxygen atoms in total. The highest BCUT2D eigenvalue weighted by Gasteiger charge is 2.11. The third-order valence-corrected chi connectivity index (χ3v) is 2.51. The smallest absolute Gasteiger partial charge is 0.235 e. The minimum atomic E-state index is 0.0524. The number of nitrogen functional groups attached to an aromatic ring is 2. The summed E-state index contributed by atoms with van der Waals surface area (Å²) in [7, 11) is 0. The van der Waals surface area contributed by atoms with E-state index in [-0.39, 0.29) is 17.3 Å². The van der Waals surface area contributed by atoms with Gasteiger partial charge in [-0.1, -0.05) is 11.6 Å². The summed E-state index contributed by atoms with van der Waals surface area (Å²) in [5.41, 5.74) is 11.6. The number of carbonyl (C=O) groups excluding carboxylic acids is 1. The lowest BCUT2D eigenvalue weighted by molar-refractivity contribution is 0.112. The van der Waals surface area contributed by atoms with Crippen LogP contribution < -0.4 is 16.2 Å². The van der Waals surface area contributed by atoms with Crippen molar-refractivity contribution in [2.45, 2.75) is 0 Å². The molecular formula is C11H9ClN4O2. The predicted molar refractivity (Wildman–Crippen MR) is 67.8 cm³/mol. The van der Waals surface area contributed by atoms with Gasteiger partial charge < -0.3 is 16.2 Å². The second-order valence-electron chi connectivity index (χ2n) is 3.38. The summed E-state index contributed by atoms with van der Waals surface area (Å²) in [5.74, 6) is 0.519. The van der Waals surface area contributed by atoms with E-state index in [1.807, 2.05) is 0 Å². The molecule has 0 aliphatic carbocycles. The number of rotatable bonds is 3. The van der Waals surface area contributed by atoms with E-state index in [2.05, 4.69) is 9.97 Å². The van der Waals surface area contributed by atoms with Crippen LogP contribution in [0.3, 0.4) is 0 Å². The zero-order valence-corrected chi connectivity index (χ0v) is 9.89. The van der Waals surface area contributed by atoms with Crippen molar-refractivity contribution in [3.05, 3.63) is 35.1 Å². The molecule has 2 aromatic rings. The Bertz CT molecular complexity index is 604. The van der Waals surface area contributed by atoms with E-state index in [0.29, 0.717) is 22.7 Å². The fourth-order valence-electron chi connectivity index (χ4n) is 1.27. The molecular weight excluding hydrogens is 256 g/mol. The fourth-order valence-corrected chi connectivity index (χ4v) is 1.44. The molecule has 7 heteroatoms. The minimum Gasteiger partial charge on any atom is -0.438 e. The Balaban J connectivity index is 2.36. The third kappa shape index (κ3) is 2.33. The van der Waals surface area contributed by atoms with E-state index >= 15 is 0 Å². The van der Waals surface area contributed by atoms with Crippen LogP contribution in [0.1, 0.15) is 10.4 Å². The molecule has 0 saturated heterocycles. The van der Waals surface area contributed by atoms with E-state index in [0.717, 1.165) is 0 Å². The minimum absolute atomic E-state index is 0.0524. The Morgan fingerprint density at radius 2 is 2.06 bits per heavy atom. The fraction of sp³-hybridized carbons (Fsp3) is 0. The van der Waals surface area contributed by atoms with Crippen molar-refractivity contribution in [2.24, 2.45) is 0 Å². The van der Waals surface area contributed by atoms with Crippen molar-refractivity contribution >= 4 is 29.4 Å². The Labute approximate surface area is 108 Å². The highest BCUT2D eigenvalue weighted by molar-refractivity contribution is 6.33. The molecule has 18 heavy (non-hydrogen) atoms. The van der Waals surface area contributed by atoms with Gasteiger partial charge in [0.2, 0.25) is 5.88 Å². The average Bonchev–Trinajstić information content (AvgIpc) is 2.34. The van der Waals surface area contributed by atoms with Crippen molar-refractivity contribution in [3.63, 3.8) is 0 Å². The summed E-state index contributed by atoms with van der Waals surface area (Å²) >= 11 is 5.85. The van der Waals surface area contributed by atoms with Crippen molar-refractivity contribution in [2.75, 3.05) is 11.5 Å². The van der Waals surface area contributed by atoms with Gasteiger partial charge in [-0.25, -0.2) is 9.97 Å². The molecule has 0 aliphatic rings. The van der Waals surface area contributed by atoms with Crippen molar-refractivity contribution < 1.29 is 9.53 Å². The highest BCUT2D eigenvalue weighted by Crippen LogP contribution is 2.29. The largest absolute Gasteiger partial charge is 0.438 e. The van der Waals surface area contributed by atoms with E-state index < -0.39 is 0 Å². The van der Waals surface area contributed by atoms with Gasteiger partial charge in [-0.05, 0) is 12.1 Å². The molecule has 1 aromatic carbocycles. The molecule has 0 saturated carbocycles. The lowest BCUT2D eigenvalue weighted by atomic mass is 10.3. The van der Waals surface area contributed by atoms with Crippen LogP contribution in [0.2, 0.25) is 5.02 Å². The SMILES string of the molecule is Nc1ccc(Oc2ncnc(N)c2C=O)cc1Cl. The van der Waals surface area contributed by atoms with E-state index in [1.165, 1.54) is 12.4 Å². The van der Waals surface area contributed by atoms with Gasteiger partial charge in [-0.15, -0.1) is 0 Å². The van der Waals surface area contributed by atoms with Gasteiger partial charge in [-0.2, -0.15) is 0 Å². The Hall–Kier alpha value is -2.34. The molecule has 0 amide bonds. The number of halogens is 1. The first-order chi connectivity index (χ1) is 8.61. The zero-order valence-electron chi connectivity index (χ0n) is 9.13. The summed E-state index contributed by atoms with van der Waals surface area (Å²) in [6, 6.07) is 4.71. The van der Waals surface area contributed by atoms with Gasteiger partial charge in [0, 0.05) is 6.07 Å². The lowest BCUT2D eigenvalue weighted by Gasteiger charge is -2.08. The molecule has 0 aliphatic heterocycles. The summed E-state index contributed by atoms with van der Waals surface area (Å²) in [5, 5.41) is 0.349. The van der Waals surface area contributed by atoms with Gasteiger partial charge in [-0.3, -0.25) is 4.79 Å². The number of nitrogens with two attached hydrogens (primary N) is 2. The summed E-state index contributed by atoms with van der Waals surface area (Å²) in [4.78, 5) is 18.4. The van der Waals surface area contributed by atoms with Crippen LogP contribution in [-0.4, -0.2) is 16.3 Å². The molecule has 0 spiro atoms. The van der Waals surface area contributed by atoms with Crippen LogP contribution in [0.15, 0.2) is 24.5 Å². The second kappa shape index (κ2) is 4.89. The topological polar surface area (TPSA) is 104 Å². The highest BCUT2D eigenvalue weighted by atomic mass is 35.5. The van der Waals surface area contributed by atoms with Crippen molar-refractivity contribution in [1.29, 1.82) is 0 Å². The average molecular weight is 265 g/mol. The number of aldehydes is 1. The van der Waals surface area contributed by atoms with Gasteiger partial charge >= 0.3 is 0 Å². The number of nitrogens with zero attached hydrogens (tertiary/aromatic N) is 2. The molecule has 0 fully saturated rings. The normalized spacial score (nSPS) is 10.1. The van der Waals surface area contributed by atoms with Gasteiger partial charge in [0.05, 0.1) is 10.7 Å². The van der Waals surface area contributed by atoms with Crippen LogP contribution in [-0.2, 0) is 0 Å². The molecule has 1 heterocycles. The number of anilines is 2. The van der Waals surface area contributed by atoms with Crippen LogP contribution in [0.25, 0.3) is 0 Å². The van der Waals surface area contributed by atoms with E-state index in [4.69, 9.17) is 27.8 Å². The molecule has 92 valence electrons. The monoisotopic (exact) mass is 264 g/mol. The molecule has 4 N–H and O–H groups in total. The number of hydrogen-bond donors (Lipinski definition) is 2. The summed E-state index contributed by atoms with van der Waals surface area (Å²) < 4.78 is 5.41. The van der Waals surface area contributed by atoms with Crippen molar-refractivity contribution in [3.8, 4) is 11.6 Å². The van der Waals surface area contributed by atoms with Gasteiger partial charge in [0.15, 0.2) is 6.29 Å². The zero-order chi connectivity index (χ0) is 13.1. The number of aromatic nitrogens is 2. The summed E-state index contributed by atoms with van der Waals surface area (Å²) in [6.45, 7) is 0. The number of hydrogen-bond acceptors (Lipinski definition) is 6. The maximum absolute atomic E-state index is 10.9. The van der Waals surface area contributed by atoms with E-state index in [1.54, 1.807) is 12.1 Å². The molecule has 0 bridgehead atoms. The van der Waals surface area contributed by atoms with Crippen LogP contribution in [0, 0.1) is 0 Å². The van der Waals surface area contributed by atoms with Crippen molar-refractivity contribution in [1.82, 2.24) is 9.97 Å². The maximum atomic E-state index is 10.9. The van der Waals surface area contributed by atoms with Crippen LogP contribution in [0.5, 0.6) is 11.6 Å². The first kappa shape index (κ1) is 12.1. The quantitative estimate of drug-likeness (QED) is 0.648. The molecule has 0 radical (unpaired) electrons. The molecule has 2 rings (SSSR count). The summed E-state index contributed by atoms with van der Waals surface area (Å²) in [6.07, 6.45) is 1.74. The number of carbonyl (C=O) groups is 1. The van der Waals surface area contributed by atoms with E-state index in [9.17, 15) is 4.79 Å². The lowest BCUT2D eigenvalue weighted by Crippen LogP contribution is -2.01. The van der Waals surface area contributed by atoms with Gasteiger partial charge in [0.25, 0.3) is 0 Å². The number of benzene rings is 1. The first-order valence-electron chi connectivity index (χ1n) is 4.90. The predicted octanol–water partition coefficient (Wildman–Crippen LogP) is 1.90. The van der Waals surface area contributed by atoms with Crippen LogP contribution in [0.4, 0.5) is 11.5 Å². The van der Waals surface area contributed by atoms with Crippen LogP contribution >= 0.6 is 11.6 Å². The Kier molecular flexibility index (Phi) is 3.29.